The molecule has 0 bridgehead atoms. The fourth-order valence-electron chi connectivity index (χ4n) is 2.41. The molecule has 1 amide bonds. The lowest BCUT2D eigenvalue weighted by molar-refractivity contribution is 0.102. The number of ether oxygens (including phenoxy) is 1. The van der Waals surface area contributed by atoms with E-state index in [0.717, 1.165) is 0 Å². The van der Waals surface area contributed by atoms with Crippen molar-refractivity contribution in [1.29, 1.82) is 5.26 Å². The highest BCUT2D eigenvalue weighted by molar-refractivity contribution is 7.89. The number of hydrogen-bond donors (Lipinski definition) is 2. The quantitative estimate of drug-likeness (QED) is 0.575. The van der Waals surface area contributed by atoms with Gasteiger partial charge in [0, 0.05) is 29.8 Å². The Morgan fingerprint density at radius 2 is 1.93 bits per heavy atom. The number of hydrogen-bond acceptors (Lipinski definition) is 5. The summed E-state index contributed by atoms with van der Waals surface area (Å²) in [5, 5.41) is 11.3. The molecule has 1 atom stereocenters. The molecular formula is C21H25N3O4S. The highest BCUT2D eigenvalue weighted by atomic mass is 32.2. The Balaban J connectivity index is 2.02. The van der Waals surface area contributed by atoms with Crippen LogP contribution in [0, 0.1) is 11.3 Å². The van der Waals surface area contributed by atoms with Crippen LogP contribution in [0.1, 0.15) is 43.5 Å². The van der Waals surface area contributed by atoms with Gasteiger partial charge in [0.1, 0.15) is 5.75 Å². The average molecular weight is 416 g/mol. The van der Waals surface area contributed by atoms with Crippen molar-refractivity contribution < 1.29 is 17.9 Å². The van der Waals surface area contributed by atoms with Crippen molar-refractivity contribution in [2.75, 3.05) is 11.9 Å². The lowest BCUT2D eigenvalue weighted by Crippen LogP contribution is -2.32. The van der Waals surface area contributed by atoms with Gasteiger partial charge in [-0.1, -0.05) is 13.0 Å². The maximum Gasteiger partial charge on any atom is 0.255 e. The number of benzene rings is 2. The van der Waals surface area contributed by atoms with Gasteiger partial charge < -0.3 is 10.1 Å². The van der Waals surface area contributed by atoms with E-state index in [1.807, 2.05) is 6.92 Å². The Kier molecular flexibility index (Phi) is 8.19. The van der Waals surface area contributed by atoms with Crippen LogP contribution in [0.4, 0.5) is 5.69 Å². The van der Waals surface area contributed by atoms with Gasteiger partial charge in [0.15, 0.2) is 0 Å². The fourth-order valence-corrected chi connectivity index (χ4v) is 3.74. The third-order valence-corrected chi connectivity index (χ3v) is 5.79. The van der Waals surface area contributed by atoms with E-state index >= 15 is 0 Å². The van der Waals surface area contributed by atoms with Gasteiger partial charge in [-0.3, -0.25) is 4.79 Å². The molecule has 0 heterocycles. The lowest BCUT2D eigenvalue weighted by atomic mass is 10.2. The first-order valence-corrected chi connectivity index (χ1v) is 10.9. The van der Waals surface area contributed by atoms with Gasteiger partial charge in [-0.05, 0) is 56.2 Å². The van der Waals surface area contributed by atoms with Crippen molar-refractivity contribution >= 4 is 21.6 Å². The standard InChI is InChI=1S/C21H25N3O4S/c1-3-16(2)24-29(26,27)20-11-9-17(10-12-20)21(25)23-18-7-6-8-19(15-18)28-14-5-4-13-22/h6-12,15-16,24H,3-5,14H2,1-2H3,(H,23,25). The fraction of sp³-hybridized carbons (Fsp3) is 0.333. The van der Waals surface area contributed by atoms with Gasteiger partial charge in [0.25, 0.3) is 5.91 Å². The van der Waals surface area contributed by atoms with E-state index < -0.39 is 10.0 Å². The monoisotopic (exact) mass is 415 g/mol. The second-order valence-corrected chi connectivity index (χ2v) is 8.26. The van der Waals surface area contributed by atoms with Crippen LogP contribution >= 0.6 is 0 Å². The molecule has 1 unspecified atom stereocenters. The molecule has 0 saturated carbocycles. The van der Waals surface area contributed by atoms with Crippen LogP contribution in [0.25, 0.3) is 0 Å². The molecule has 2 aromatic carbocycles. The van der Waals surface area contributed by atoms with Crippen molar-refractivity contribution in [1.82, 2.24) is 4.72 Å². The minimum Gasteiger partial charge on any atom is -0.493 e. The Bertz CT molecular complexity index is 966. The molecule has 2 aromatic rings. The Hall–Kier alpha value is -2.89. The number of rotatable bonds is 10. The molecule has 0 aliphatic heterocycles. The van der Waals surface area contributed by atoms with Gasteiger partial charge in [0.2, 0.25) is 10.0 Å². The zero-order valence-corrected chi connectivity index (χ0v) is 17.3. The molecule has 2 rings (SSSR count). The van der Waals surface area contributed by atoms with Crippen LogP contribution < -0.4 is 14.8 Å². The predicted molar refractivity (Wildman–Crippen MR) is 111 cm³/mol. The van der Waals surface area contributed by atoms with Crippen LogP contribution in [0.3, 0.4) is 0 Å². The van der Waals surface area contributed by atoms with E-state index in [-0.39, 0.29) is 16.8 Å². The highest BCUT2D eigenvalue weighted by Crippen LogP contribution is 2.19. The van der Waals surface area contributed by atoms with Crippen LogP contribution in [-0.2, 0) is 10.0 Å². The van der Waals surface area contributed by atoms with Gasteiger partial charge in [-0.15, -0.1) is 0 Å². The zero-order valence-electron chi connectivity index (χ0n) is 16.5. The molecule has 0 saturated heterocycles. The van der Waals surface area contributed by atoms with Crippen molar-refractivity contribution in [3.8, 4) is 11.8 Å². The average Bonchev–Trinajstić information content (AvgIpc) is 2.71. The van der Waals surface area contributed by atoms with Crippen LogP contribution in [0.15, 0.2) is 53.4 Å². The smallest absolute Gasteiger partial charge is 0.255 e. The summed E-state index contributed by atoms with van der Waals surface area (Å²) in [5.74, 6) is 0.240. The van der Waals surface area contributed by atoms with Crippen LogP contribution in [-0.4, -0.2) is 27.0 Å². The van der Waals surface area contributed by atoms with Gasteiger partial charge >= 0.3 is 0 Å². The second-order valence-electron chi connectivity index (χ2n) is 6.55. The van der Waals surface area contributed by atoms with E-state index in [4.69, 9.17) is 10.00 Å². The summed E-state index contributed by atoms with van der Waals surface area (Å²) in [6.45, 7) is 4.11. The van der Waals surface area contributed by atoms with Gasteiger partial charge in [0.05, 0.1) is 17.6 Å². The minimum absolute atomic E-state index is 0.113. The zero-order chi connectivity index (χ0) is 21.3. The summed E-state index contributed by atoms with van der Waals surface area (Å²) in [4.78, 5) is 12.6. The summed E-state index contributed by atoms with van der Waals surface area (Å²) in [6.07, 6.45) is 1.74. The molecule has 0 spiro atoms. The van der Waals surface area contributed by atoms with E-state index in [2.05, 4.69) is 16.1 Å². The van der Waals surface area contributed by atoms with Crippen molar-refractivity contribution in [2.24, 2.45) is 0 Å². The van der Waals surface area contributed by atoms with Gasteiger partial charge in [-0.25, -0.2) is 13.1 Å². The number of amides is 1. The van der Waals surface area contributed by atoms with Crippen molar-refractivity contribution in [3.63, 3.8) is 0 Å². The Morgan fingerprint density at radius 1 is 1.21 bits per heavy atom. The number of anilines is 1. The molecule has 0 fully saturated rings. The molecule has 8 heteroatoms. The predicted octanol–water partition coefficient (Wildman–Crippen LogP) is 3.70. The molecule has 29 heavy (non-hydrogen) atoms. The molecule has 0 aliphatic carbocycles. The normalized spacial score (nSPS) is 12.0. The first-order chi connectivity index (χ1) is 13.9. The second kappa shape index (κ2) is 10.6. The summed E-state index contributed by atoms with van der Waals surface area (Å²) < 4.78 is 32.7. The number of nitriles is 1. The molecule has 154 valence electrons. The molecule has 0 aromatic heterocycles. The van der Waals surface area contributed by atoms with Crippen molar-refractivity contribution in [2.45, 2.75) is 44.0 Å². The number of carbonyl (C=O) groups excluding carboxylic acids is 1. The molecule has 0 radical (unpaired) electrons. The first-order valence-electron chi connectivity index (χ1n) is 9.39. The topological polar surface area (TPSA) is 108 Å². The molecule has 2 N–H and O–H groups in total. The Labute approximate surface area is 171 Å². The van der Waals surface area contributed by atoms with E-state index in [1.54, 1.807) is 31.2 Å². The Morgan fingerprint density at radius 3 is 2.59 bits per heavy atom. The molecule has 7 nitrogen and oxygen atoms in total. The number of carbonyl (C=O) groups is 1. The third-order valence-electron chi connectivity index (χ3n) is 4.19. The number of nitrogens with zero attached hydrogens (tertiary/aromatic N) is 1. The highest BCUT2D eigenvalue weighted by Gasteiger charge is 2.17. The van der Waals surface area contributed by atoms with E-state index in [9.17, 15) is 13.2 Å². The van der Waals surface area contributed by atoms with Crippen molar-refractivity contribution in [3.05, 3.63) is 54.1 Å². The largest absolute Gasteiger partial charge is 0.493 e. The van der Waals surface area contributed by atoms with Gasteiger partial charge in [-0.2, -0.15) is 5.26 Å². The van der Waals surface area contributed by atoms with Crippen LogP contribution in [0.5, 0.6) is 5.75 Å². The van der Waals surface area contributed by atoms with E-state index in [0.29, 0.717) is 42.9 Å². The number of unbranched alkanes of at least 4 members (excludes halogenated alkanes) is 1. The summed E-state index contributed by atoms with van der Waals surface area (Å²) in [7, 11) is -3.61. The lowest BCUT2D eigenvalue weighted by Gasteiger charge is -2.12. The molecule has 0 aliphatic rings. The minimum atomic E-state index is -3.61. The first kappa shape index (κ1) is 22.4. The summed E-state index contributed by atoms with van der Waals surface area (Å²) in [5.41, 5.74) is 0.899. The summed E-state index contributed by atoms with van der Waals surface area (Å²) in [6, 6.07) is 14.6. The number of nitrogens with one attached hydrogen (secondary N) is 2. The van der Waals surface area contributed by atoms with Crippen LogP contribution in [0.2, 0.25) is 0 Å². The summed E-state index contributed by atoms with van der Waals surface area (Å²) >= 11 is 0. The molecular weight excluding hydrogens is 390 g/mol. The SMILES string of the molecule is CCC(C)NS(=O)(=O)c1ccc(C(=O)Nc2cccc(OCCCC#N)c2)cc1. The van der Waals surface area contributed by atoms with E-state index in [1.165, 1.54) is 24.3 Å². The maximum absolute atomic E-state index is 12.5. The maximum atomic E-state index is 12.5. The third kappa shape index (κ3) is 6.89. The number of sulfonamides is 1.